The molecule has 0 unspecified atom stereocenters. The van der Waals surface area contributed by atoms with Gasteiger partial charge < -0.3 is 10.3 Å². The molecule has 98 valence electrons. The molecule has 3 aromatic rings. The summed E-state index contributed by atoms with van der Waals surface area (Å²) in [6.07, 6.45) is 1.82. The Hall–Kier alpha value is -2.37. The van der Waals surface area contributed by atoms with Crippen LogP contribution >= 0.6 is 0 Å². The van der Waals surface area contributed by atoms with Crippen LogP contribution in [-0.2, 0) is 13.6 Å². The number of rotatable bonds is 3. The molecule has 0 atom stereocenters. The Morgan fingerprint density at radius 1 is 1.42 bits per heavy atom. The quantitative estimate of drug-likeness (QED) is 0.759. The van der Waals surface area contributed by atoms with Crippen molar-refractivity contribution in [3.8, 4) is 0 Å². The molecule has 1 aromatic carbocycles. The molecule has 6 heteroatoms. The van der Waals surface area contributed by atoms with Crippen LogP contribution < -0.4 is 5.32 Å². The average Bonchev–Trinajstić information content (AvgIpc) is 2.92. The molecular weight excluding hydrogens is 245 g/mol. The summed E-state index contributed by atoms with van der Waals surface area (Å²) in [5.74, 6) is 0.356. The highest BCUT2D eigenvalue weighted by Crippen LogP contribution is 2.16. The summed E-state index contributed by atoms with van der Waals surface area (Å²) in [7, 11) is 1.91. The minimum atomic E-state index is -0.272. The van der Waals surface area contributed by atoms with Gasteiger partial charge >= 0.3 is 0 Å². The summed E-state index contributed by atoms with van der Waals surface area (Å²) >= 11 is 0. The van der Waals surface area contributed by atoms with E-state index in [9.17, 15) is 4.39 Å². The minimum absolute atomic E-state index is 0.272. The lowest BCUT2D eigenvalue weighted by Gasteiger charge is -2.02. The van der Waals surface area contributed by atoms with E-state index >= 15 is 0 Å². The molecular formula is C13H14FN5. The van der Waals surface area contributed by atoms with Crippen molar-refractivity contribution >= 4 is 17.0 Å². The third-order valence-corrected chi connectivity index (χ3v) is 3.23. The second-order valence-corrected chi connectivity index (χ2v) is 4.48. The topological polar surface area (TPSA) is 58.5 Å². The van der Waals surface area contributed by atoms with Crippen molar-refractivity contribution in [2.45, 2.75) is 13.5 Å². The smallest absolute Gasteiger partial charge is 0.201 e. The van der Waals surface area contributed by atoms with Gasteiger partial charge in [0.25, 0.3) is 0 Å². The minimum Gasteiger partial charge on any atom is -0.352 e. The molecule has 0 aliphatic heterocycles. The maximum atomic E-state index is 13.1. The van der Waals surface area contributed by atoms with Crippen LogP contribution in [0.25, 0.3) is 11.0 Å². The zero-order chi connectivity index (χ0) is 13.4. The van der Waals surface area contributed by atoms with Crippen molar-refractivity contribution in [1.82, 2.24) is 19.7 Å². The fraction of sp³-hybridized carbons (Fsp3) is 0.231. The normalized spacial score (nSPS) is 11.1. The molecule has 3 rings (SSSR count). The Morgan fingerprint density at radius 3 is 3.00 bits per heavy atom. The first-order valence-electron chi connectivity index (χ1n) is 6.00. The summed E-state index contributed by atoms with van der Waals surface area (Å²) in [6, 6.07) is 4.49. The number of nitrogens with one attached hydrogen (secondary N) is 2. The molecule has 0 aliphatic carbocycles. The lowest BCUT2D eigenvalue weighted by molar-refractivity contribution is 0.629. The summed E-state index contributed by atoms with van der Waals surface area (Å²) in [5, 5.41) is 7.36. The maximum absolute atomic E-state index is 13.1. The number of halogens is 1. The highest BCUT2D eigenvalue weighted by atomic mass is 19.1. The molecule has 0 saturated carbocycles. The van der Waals surface area contributed by atoms with Gasteiger partial charge in [0.2, 0.25) is 5.95 Å². The number of hydrogen-bond donors (Lipinski definition) is 2. The number of aryl methyl sites for hydroxylation is 1. The van der Waals surface area contributed by atoms with Crippen LogP contribution in [-0.4, -0.2) is 19.7 Å². The van der Waals surface area contributed by atoms with Gasteiger partial charge in [0.15, 0.2) is 0 Å². The number of fused-ring (bicyclic) bond motifs is 1. The van der Waals surface area contributed by atoms with Crippen molar-refractivity contribution in [3.63, 3.8) is 0 Å². The van der Waals surface area contributed by atoms with E-state index in [1.165, 1.54) is 12.1 Å². The molecule has 0 amide bonds. The van der Waals surface area contributed by atoms with Crippen LogP contribution in [0, 0.1) is 12.7 Å². The zero-order valence-corrected chi connectivity index (χ0v) is 10.7. The van der Waals surface area contributed by atoms with Gasteiger partial charge in [-0.1, -0.05) is 0 Å². The Bertz CT molecular complexity index is 728. The van der Waals surface area contributed by atoms with Crippen LogP contribution in [0.4, 0.5) is 10.3 Å². The highest BCUT2D eigenvalue weighted by Gasteiger charge is 2.06. The predicted octanol–water partition coefficient (Wildman–Crippen LogP) is 2.36. The van der Waals surface area contributed by atoms with Gasteiger partial charge in [-0.15, -0.1) is 0 Å². The van der Waals surface area contributed by atoms with E-state index in [-0.39, 0.29) is 5.82 Å². The first-order valence-corrected chi connectivity index (χ1v) is 6.00. The first kappa shape index (κ1) is 11.7. The van der Waals surface area contributed by atoms with Gasteiger partial charge in [-0.3, -0.25) is 4.68 Å². The largest absolute Gasteiger partial charge is 0.352 e. The number of nitrogens with zero attached hydrogens (tertiary/aromatic N) is 3. The van der Waals surface area contributed by atoms with Gasteiger partial charge in [0.1, 0.15) is 5.82 Å². The Labute approximate surface area is 109 Å². The van der Waals surface area contributed by atoms with E-state index in [1.807, 2.05) is 24.9 Å². The molecule has 0 aliphatic rings. The highest BCUT2D eigenvalue weighted by molar-refractivity contribution is 5.77. The number of imidazole rings is 1. The lowest BCUT2D eigenvalue weighted by Crippen LogP contribution is -2.02. The van der Waals surface area contributed by atoms with Crippen LogP contribution in [0.5, 0.6) is 0 Å². The summed E-state index contributed by atoms with van der Waals surface area (Å²) in [4.78, 5) is 7.39. The van der Waals surface area contributed by atoms with Crippen molar-refractivity contribution in [1.29, 1.82) is 0 Å². The van der Waals surface area contributed by atoms with E-state index in [0.717, 1.165) is 16.8 Å². The lowest BCUT2D eigenvalue weighted by atomic mass is 10.2. The van der Waals surface area contributed by atoms with Crippen LogP contribution in [0.1, 0.15) is 11.3 Å². The number of hydrogen-bond acceptors (Lipinski definition) is 3. The molecule has 2 heterocycles. The first-order chi connectivity index (χ1) is 9.13. The fourth-order valence-corrected chi connectivity index (χ4v) is 1.96. The molecule has 2 N–H and O–H groups in total. The molecule has 0 spiro atoms. The van der Waals surface area contributed by atoms with E-state index < -0.39 is 0 Å². The monoisotopic (exact) mass is 259 g/mol. The van der Waals surface area contributed by atoms with Gasteiger partial charge in [-0.05, 0) is 25.1 Å². The van der Waals surface area contributed by atoms with Gasteiger partial charge in [-0.25, -0.2) is 9.37 Å². The molecule has 0 bridgehead atoms. The second-order valence-electron chi connectivity index (χ2n) is 4.48. The number of anilines is 1. The van der Waals surface area contributed by atoms with E-state index in [2.05, 4.69) is 20.4 Å². The van der Waals surface area contributed by atoms with E-state index in [0.29, 0.717) is 18.0 Å². The number of aromatic amines is 1. The van der Waals surface area contributed by atoms with E-state index in [1.54, 1.807) is 6.07 Å². The molecule has 0 radical (unpaired) electrons. The molecule has 19 heavy (non-hydrogen) atoms. The van der Waals surface area contributed by atoms with Crippen LogP contribution in [0.3, 0.4) is 0 Å². The zero-order valence-electron chi connectivity index (χ0n) is 10.7. The van der Waals surface area contributed by atoms with Crippen molar-refractivity contribution in [2.75, 3.05) is 5.32 Å². The van der Waals surface area contributed by atoms with Gasteiger partial charge in [-0.2, -0.15) is 5.10 Å². The Kier molecular flexibility index (Phi) is 2.70. The molecule has 0 saturated heterocycles. The molecule has 2 aromatic heterocycles. The summed E-state index contributed by atoms with van der Waals surface area (Å²) in [6.45, 7) is 2.64. The summed E-state index contributed by atoms with van der Waals surface area (Å²) < 4.78 is 14.9. The van der Waals surface area contributed by atoms with Gasteiger partial charge in [0, 0.05) is 24.8 Å². The number of H-pyrrole nitrogens is 1. The maximum Gasteiger partial charge on any atom is 0.201 e. The average molecular weight is 259 g/mol. The van der Waals surface area contributed by atoms with Crippen LogP contribution in [0.15, 0.2) is 24.4 Å². The standard InChI is InChI=1S/C13H14FN5/c1-8-9(7-16-19(8)2)6-15-13-17-11-4-3-10(14)5-12(11)18-13/h3-5,7H,6H2,1-2H3,(H2,15,17,18). The third-order valence-electron chi connectivity index (χ3n) is 3.23. The fourth-order valence-electron chi connectivity index (χ4n) is 1.96. The molecule has 5 nitrogen and oxygen atoms in total. The summed E-state index contributed by atoms with van der Waals surface area (Å²) in [5.41, 5.74) is 3.64. The Morgan fingerprint density at radius 2 is 2.26 bits per heavy atom. The van der Waals surface area contributed by atoms with Crippen molar-refractivity contribution in [3.05, 3.63) is 41.5 Å². The van der Waals surface area contributed by atoms with Crippen molar-refractivity contribution in [2.24, 2.45) is 7.05 Å². The second kappa shape index (κ2) is 4.38. The Balaban J connectivity index is 1.80. The SMILES string of the molecule is Cc1c(CNc2nc3ccc(F)cc3[nH]2)cnn1C. The number of aromatic nitrogens is 4. The van der Waals surface area contributed by atoms with E-state index in [4.69, 9.17) is 0 Å². The predicted molar refractivity (Wildman–Crippen MR) is 71.3 cm³/mol. The third kappa shape index (κ3) is 2.16. The van der Waals surface area contributed by atoms with Crippen LogP contribution in [0.2, 0.25) is 0 Å². The number of benzene rings is 1. The van der Waals surface area contributed by atoms with Crippen molar-refractivity contribution < 1.29 is 4.39 Å². The van der Waals surface area contributed by atoms with Gasteiger partial charge in [0.05, 0.1) is 17.2 Å². The molecule has 0 fully saturated rings.